The van der Waals surface area contributed by atoms with E-state index in [4.69, 9.17) is 10.2 Å². The van der Waals surface area contributed by atoms with Gasteiger partial charge >= 0.3 is 0 Å². The molecule has 0 rings (SSSR count). The van der Waals surface area contributed by atoms with Crippen LogP contribution < -0.4 is 0 Å². The van der Waals surface area contributed by atoms with Crippen LogP contribution >= 0.6 is 0 Å². The van der Waals surface area contributed by atoms with E-state index in [1.54, 1.807) is 6.92 Å². The number of hydrogen-bond acceptors (Lipinski definition) is 2. The Hall–Kier alpha value is -0.340. The lowest BCUT2D eigenvalue weighted by molar-refractivity contribution is 0.283. The van der Waals surface area contributed by atoms with Crippen molar-refractivity contribution in [3.8, 4) is 0 Å². The van der Waals surface area contributed by atoms with Crippen LogP contribution in [0.1, 0.15) is 105 Å². The van der Waals surface area contributed by atoms with E-state index in [1.165, 1.54) is 64.2 Å². The van der Waals surface area contributed by atoms with E-state index in [0.717, 1.165) is 6.42 Å². The third-order valence-corrected chi connectivity index (χ3v) is 2.73. The third kappa shape index (κ3) is 73.4. The summed E-state index contributed by atoms with van der Waals surface area (Å²) in [5.74, 6) is 0. The fourth-order valence-electron chi connectivity index (χ4n) is 1.39. The maximum atomic E-state index is 8.29. The van der Waals surface area contributed by atoms with Crippen LogP contribution in [-0.4, -0.2) is 23.4 Å². The average Bonchev–Trinajstić information content (AvgIpc) is 2.53. The molecule has 0 aliphatic rings. The zero-order chi connectivity index (χ0) is 17.9. The van der Waals surface area contributed by atoms with Gasteiger partial charge in [-0.05, 0) is 19.8 Å². The quantitative estimate of drug-likeness (QED) is 0.356. The Morgan fingerprint density at radius 3 is 1.23 bits per heavy atom. The fourth-order valence-corrected chi connectivity index (χ4v) is 1.39. The van der Waals surface area contributed by atoms with Gasteiger partial charge in [-0.15, -0.1) is 6.58 Å². The highest BCUT2D eigenvalue weighted by molar-refractivity contribution is 4.64. The first-order valence-corrected chi connectivity index (χ1v) is 9.48. The summed E-state index contributed by atoms with van der Waals surface area (Å²) in [5, 5.41) is 15.9. The topological polar surface area (TPSA) is 40.5 Å². The van der Waals surface area contributed by atoms with Crippen LogP contribution in [0, 0.1) is 0 Å². The molecule has 0 unspecified atom stereocenters. The molecule has 0 amide bonds. The Morgan fingerprint density at radius 2 is 1.00 bits per heavy atom. The van der Waals surface area contributed by atoms with Gasteiger partial charge in [0.1, 0.15) is 0 Å². The van der Waals surface area contributed by atoms with Crippen LogP contribution in [0.25, 0.3) is 0 Å². The van der Waals surface area contributed by atoms with E-state index in [2.05, 4.69) is 34.3 Å². The molecule has 0 spiro atoms. The Balaban J connectivity index is -0.000000102. The fraction of sp³-hybridized carbons (Fsp3) is 0.900. The normalized spacial score (nSPS) is 8.50. The molecule has 0 fully saturated rings. The molecule has 0 heterocycles. The SMILES string of the molecule is C=CCCCC.CCCCCC.CCCCCCO.CCO. The Kier molecular flexibility index (Phi) is 57.7. The predicted molar refractivity (Wildman–Crippen MR) is 104 cm³/mol. The van der Waals surface area contributed by atoms with Crippen LogP contribution in [0.5, 0.6) is 0 Å². The van der Waals surface area contributed by atoms with Crippen LogP contribution in [0.2, 0.25) is 0 Å². The summed E-state index contributed by atoms with van der Waals surface area (Å²) < 4.78 is 0. The second-order valence-electron chi connectivity index (χ2n) is 5.24. The molecule has 0 bridgehead atoms. The van der Waals surface area contributed by atoms with Crippen molar-refractivity contribution < 1.29 is 10.2 Å². The first kappa shape index (κ1) is 29.6. The molecular weight excluding hydrogens is 272 g/mol. The van der Waals surface area contributed by atoms with E-state index in [9.17, 15) is 0 Å². The van der Waals surface area contributed by atoms with Gasteiger partial charge in [-0.25, -0.2) is 0 Å². The molecular formula is C20H46O2. The van der Waals surface area contributed by atoms with E-state index < -0.39 is 0 Å². The molecule has 138 valence electrons. The number of aliphatic hydroxyl groups excluding tert-OH is 2. The van der Waals surface area contributed by atoms with Crippen LogP contribution in [0.15, 0.2) is 12.7 Å². The number of rotatable bonds is 10. The summed E-state index contributed by atoms with van der Waals surface area (Å²) in [6, 6.07) is 0. The maximum absolute atomic E-state index is 8.29. The minimum Gasteiger partial charge on any atom is -0.397 e. The summed E-state index contributed by atoms with van der Waals surface area (Å²) >= 11 is 0. The van der Waals surface area contributed by atoms with Gasteiger partial charge in [0, 0.05) is 13.2 Å². The molecule has 0 aliphatic heterocycles. The monoisotopic (exact) mass is 318 g/mol. The van der Waals surface area contributed by atoms with Gasteiger partial charge in [-0.1, -0.05) is 91.6 Å². The van der Waals surface area contributed by atoms with Crippen LogP contribution in [0.3, 0.4) is 0 Å². The van der Waals surface area contributed by atoms with Crippen molar-refractivity contribution in [3.63, 3.8) is 0 Å². The molecule has 0 aromatic carbocycles. The Labute approximate surface area is 142 Å². The Bertz CT molecular complexity index is 128. The molecule has 0 aromatic heterocycles. The lowest BCUT2D eigenvalue weighted by Gasteiger charge is -1.90. The highest BCUT2D eigenvalue weighted by Gasteiger charge is 1.81. The summed E-state index contributed by atoms with van der Waals surface area (Å²) in [7, 11) is 0. The zero-order valence-corrected chi connectivity index (χ0v) is 16.4. The molecule has 22 heavy (non-hydrogen) atoms. The van der Waals surface area contributed by atoms with Crippen molar-refractivity contribution in [2.45, 2.75) is 105 Å². The second kappa shape index (κ2) is 42.8. The molecule has 2 N–H and O–H groups in total. The number of hydrogen-bond donors (Lipinski definition) is 2. The molecule has 0 aliphatic carbocycles. The van der Waals surface area contributed by atoms with E-state index in [-0.39, 0.29) is 6.61 Å². The van der Waals surface area contributed by atoms with Crippen molar-refractivity contribution in [2.75, 3.05) is 13.2 Å². The summed E-state index contributed by atoms with van der Waals surface area (Å²) in [6.07, 6.45) is 15.9. The molecule has 2 nitrogen and oxygen atoms in total. The highest BCUT2D eigenvalue weighted by Crippen LogP contribution is 1.96. The molecule has 2 heteroatoms. The smallest absolute Gasteiger partial charge is 0.0431 e. The first-order valence-electron chi connectivity index (χ1n) is 9.48. The summed E-state index contributed by atoms with van der Waals surface area (Å²) in [5.41, 5.74) is 0. The molecule has 0 saturated carbocycles. The maximum Gasteiger partial charge on any atom is 0.0431 e. The standard InChI is InChI=1S/C6H14O.C6H14.C6H12.C2H6O/c1-2-3-4-5-6-7;2*1-3-5-6-4-2;1-2-3/h7H,2-6H2,1H3;3-6H2,1-2H3;3H,1,4-6H2,2H3;3H,2H2,1H3. The van der Waals surface area contributed by atoms with Gasteiger partial charge in [-0.3, -0.25) is 0 Å². The number of aliphatic hydroxyl groups is 2. The Morgan fingerprint density at radius 1 is 0.636 bits per heavy atom. The van der Waals surface area contributed by atoms with Crippen molar-refractivity contribution in [2.24, 2.45) is 0 Å². The third-order valence-electron chi connectivity index (χ3n) is 2.73. The van der Waals surface area contributed by atoms with Crippen LogP contribution in [-0.2, 0) is 0 Å². The second-order valence-corrected chi connectivity index (χ2v) is 5.24. The predicted octanol–water partition coefficient (Wildman–Crippen LogP) is 6.51. The van der Waals surface area contributed by atoms with Crippen molar-refractivity contribution in [3.05, 3.63) is 12.7 Å². The number of unbranched alkanes of at least 4 members (excludes halogenated alkanes) is 8. The molecule has 0 radical (unpaired) electrons. The van der Waals surface area contributed by atoms with Gasteiger partial charge in [0.25, 0.3) is 0 Å². The van der Waals surface area contributed by atoms with Gasteiger partial charge < -0.3 is 10.2 Å². The minimum absolute atomic E-state index is 0.250. The van der Waals surface area contributed by atoms with Gasteiger partial charge in [-0.2, -0.15) is 0 Å². The molecule has 0 aromatic rings. The van der Waals surface area contributed by atoms with E-state index in [1.807, 2.05) is 6.08 Å². The molecule has 0 atom stereocenters. The van der Waals surface area contributed by atoms with Crippen molar-refractivity contribution in [1.29, 1.82) is 0 Å². The summed E-state index contributed by atoms with van der Waals surface area (Å²) in [4.78, 5) is 0. The number of allylic oxidation sites excluding steroid dienone is 1. The van der Waals surface area contributed by atoms with Crippen molar-refractivity contribution >= 4 is 0 Å². The van der Waals surface area contributed by atoms with E-state index in [0.29, 0.717) is 6.61 Å². The zero-order valence-electron chi connectivity index (χ0n) is 16.4. The van der Waals surface area contributed by atoms with Gasteiger partial charge in [0.15, 0.2) is 0 Å². The van der Waals surface area contributed by atoms with Crippen LogP contribution in [0.4, 0.5) is 0 Å². The highest BCUT2D eigenvalue weighted by atomic mass is 16.3. The largest absolute Gasteiger partial charge is 0.397 e. The summed E-state index contributed by atoms with van der Waals surface area (Å²) in [6.45, 7) is 14.7. The average molecular weight is 319 g/mol. The van der Waals surface area contributed by atoms with Crippen molar-refractivity contribution in [1.82, 2.24) is 0 Å². The first-order chi connectivity index (χ1) is 10.7. The minimum atomic E-state index is 0.250. The lowest BCUT2D eigenvalue weighted by atomic mass is 10.2. The molecule has 0 saturated heterocycles. The lowest BCUT2D eigenvalue weighted by Crippen LogP contribution is -1.80. The van der Waals surface area contributed by atoms with E-state index >= 15 is 0 Å². The van der Waals surface area contributed by atoms with Gasteiger partial charge in [0.2, 0.25) is 0 Å². The van der Waals surface area contributed by atoms with Gasteiger partial charge in [0.05, 0.1) is 0 Å².